The summed E-state index contributed by atoms with van der Waals surface area (Å²) < 4.78 is 6.25. The van der Waals surface area contributed by atoms with Crippen molar-refractivity contribution in [1.29, 1.82) is 0 Å². The molecule has 2 unspecified atom stereocenters. The van der Waals surface area contributed by atoms with E-state index < -0.39 is 5.41 Å². The number of aliphatic hydroxyl groups excluding tert-OH is 2. The molecule has 0 aromatic carbocycles. The number of carbonyl (C=O) groups is 1. The third kappa shape index (κ3) is 3.01. The van der Waals surface area contributed by atoms with Crippen LogP contribution in [0.3, 0.4) is 0 Å². The Morgan fingerprint density at radius 3 is 2.04 bits per heavy atom. The van der Waals surface area contributed by atoms with Gasteiger partial charge in [-0.3, -0.25) is 4.79 Å². The Kier molecular flexibility index (Phi) is 4.53. The molecule has 0 aliphatic heterocycles. The number of carbonyl (C=O) groups excluding carboxylic acids is 1. The van der Waals surface area contributed by atoms with E-state index in [-0.39, 0.29) is 35.6 Å². The van der Waals surface area contributed by atoms with Crippen LogP contribution >= 0.6 is 0 Å². The summed E-state index contributed by atoms with van der Waals surface area (Å²) in [6.07, 6.45) is 8.52. The maximum atomic E-state index is 12.8. The molecule has 2 atom stereocenters. The molecular weight excluding hydrogens is 304 g/mol. The van der Waals surface area contributed by atoms with Gasteiger partial charge >= 0.3 is 5.97 Å². The maximum Gasteiger partial charge on any atom is 0.312 e. The van der Waals surface area contributed by atoms with Crippen molar-refractivity contribution in [2.45, 2.75) is 84.2 Å². The summed E-state index contributed by atoms with van der Waals surface area (Å²) in [6.45, 7) is 6.35. The first kappa shape index (κ1) is 18.2. The summed E-state index contributed by atoms with van der Waals surface area (Å²) >= 11 is 0. The first-order valence-electron chi connectivity index (χ1n) is 9.67. The molecule has 138 valence electrons. The van der Waals surface area contributed by atoms with E-state index in [1.807, 2.05) is 20.8 Å². The Balaban J connectivity index is 1.89. The predicted molar refractivity (Wildman–Crippen MR) is 92.4 cm³/mol. The van der Waals surface area contributed by atoms with Gasteiger partial charge in [-0.2, -0.15) is 0 Å². The minimum atomic E-state index is -0.447. The average Bonchev–Trinajstić information content (AvgIpc) is 2.44. The Hall–Kier alpha value is -0.610. The minimum Gasteiger partial charge on any atom is -0.459 e. The van der Waals surface area contributed by atoms with Crippen molar-refractivity contribution < 1.29 is 19.7 Å². The molecule has 4 aliphatic rings. The van der Waals surface area contributed by atoms with Gasteiger partial charge in [0.2, 0.25) is 0 Å². The number of hydrogen-bond acceptors (Lipinski definition) is 4. The van der Waals surface area contributed by atoms with Gasteiger partial charge in [-0.25, -0.2) is 0 Å². The zero-order valence-corrected chi connectivity index (χ0v) is 15.6. The van der Waals surface area contributed by atoms with E-state index in [0.717, 1.165) is 57.8 Å². The lowest BCUT2D eigenvalue weighted by Crippen LogP contribution is -2.62. The van der Waals surface area contributed by atoms with Gasteiger partial charge in [0.05, 0.1) is 5.41 Å². The molecule has 2 N–H and O–H groups in total. The number of aliphatic hydroxyl groups is 2. The molecular formula is C20H34O4. The van der Waals surface area contributed by atoms with E-state index in [0.29, 0.717) is 5.92 Å². The molecule has 4 nitrogen and oxygen atoms in total. The monoisotopic (exact) mass is 338 g/mol. The molecule has 0 amide bonds. The van der Waals surface area contributed by atoms with Gasteiger partial charge in [0.15, 0.2) is 0 Å². The molecule has 0 aromatic rings. The van der Waals surface area contributed by atoms with E-state index in [4.69, 9.17) is 4.74 Å². The number of rotatable bonds is 7. The van der Waals surface area contributed by atoms with Crippen LogP contribution in [-0.4, -0.2) is 35.0 Å². The summed E-state index contributed by atoms with van der Waals surface area (Å²) in [5.74, 6) is 0.488. The standard InChI is InChI=1S/C20H34O4/c1-4-17(2,3)16(23)24-20-11-15-9-18(13-20,5-7-21)12-19(10-15,14-20)6-8-22/h15,21-22H,4-14H2,1-3H3. The van der Waals surface area contributed by atoms with E-state index in [1.54, 1.807) is 0 Å². The fourth-order valence-corrected chi connectivity index (χ4v) is 6.38. The normalized spacial score (nSPS) is 40.8. The van der Waals surface area contributed by atoms with Crippen molar-refractivity contribution in [3.8, 4) is 0 Å². The van der Waals surface area contributed by atoms with Gasteiger partial charge in [-0.05, 0) is 88.4 Å². The Morgan fingerprint density at radius 2 is 1.58 bits per heavy atom. The molecule has 0 radical (unpaired) electrons. The van der Waals surface area contributed by atoms with Crippen LogP contribution in [0.5, 0.6) is 0 Å². The molecule has 0 heterocycles. The van der Waals surface area contributed by atoms with Gasteiger partial charge in [0.25, 0.3) is 0 Å². The van der Waals surface area contributed by atoms with Crippen molar-refractivity contribution in [2.24, 2.45) is 22.2 Å². The molecule has 0 saturated heterocycles. The van der Waals surface area contributed by atoms with Crippen LogP contribution in [0.2, 0.25) is 0 Å². The van der Waals surface area contributed by atoms with E-state index >= 15 is 0 Å². The molecule has 4 heteroatoms. The Labute approximate surface area is 146 Å². The number of ether oxygens (including phenoxy) is 1. The largest absolute Gasteiger partial charge is 0.459 e. The summed E-state index contributed by atoms with van der Waals surface area (Å²) in [5.41, 5.74) is -0.620. The van der Waals surface area contributed by atoms with Crippen LogP contribution in [0.1, 0.15) is 78.6 Å². The molecule has 4 rings (SSSR count). The van der Waals surface area contributed by atoms with Crippen LogP contribution in [0.25, 0.3) is 0 Å². The van der Waals surface area contributed by atoms with Gasteiger partial charge in [0.1, 0.15) is 5.60 Å². The fraction of sp³-hybridized carbons (Fsp3) is 0.950. The van der Waals surface area contributed by atoms with E-state index in [9.17, 15) is 15.0 Å². The lowest BCUT2D eigenvalue weighted by molar-refractivity contribution is -0.232. The van der Waals surface area contributed by atoms with Crippen LogP contribution in [0, 0.1) is 22.2 Å². The molecule has 4 bridgehead atoms. The molecule has 4 fully saturated rings. The molecule has 0 spiro atoms. The van der Waals surface area contributed by atoms with E-state index in [2.05, 4.69) is 0 Å². The van der Waals surface area contributed by atoms with Gasteiger partial charge in [0, 0.05) is 13.2 Å². The third-order valence-corrected chi connectivity index (χ3v) is 7.28. The second kappa shape index (κ2) is 5.98. The highest BCUT2D eigenvalue weighted by Crippen LogP contribution is 2.69. The van der Waals surface area contributed by atoms with Crippen molar-refractivity contribution in [2.75, 3.05) is 13.2 Å². The molecule has 4 saturated carbocycles. The van der Waals surface area contributed by atoms with Crippen LogP contribution < -0.4 is 0 Å². The topological polar surface area (TPSA) is 66.8 Å². The smallest absolute Gasteiger partial charge is 0.312 e. The first-order chi connectivity index (χ1) is 11.2. The van der Waals surface area contributed by atoms with Crippen LogP contribution in [-0.2, 0) is 9.53 Å². The van der Waals surface area contributed by atoms with Crippen molar-refractivity contribution in [3.05, 3.63) is 0 Å². The highest BCUT2D eigenvalue weighted by molar-refractivity contribution is 5.76. The quantitative estimate of drug-likeness (QED) is 0.698. The summed E-state index contributed by atoms with van der Waals surface area (Å²) in [4.78, 5) is 12.8. The van der Waals surface area contributed by atoms with Crippen molar-refractivity contribution in [1.82, 2.24) is 0 Å². The number of hydrogen-bond donors (Lipinski definition) is 2. The first-order valence-corrected chi connectivity index (χ1v) is 9.67. The Morgan fingerprint density at radius 1 is 1.04 bits per heavy atom. The number of esters is 1. The van der Waals surface area contributed by atoms with Crippen molar-refractivity contribution >= 4 is 5.97 Å². The van der Waals surface area contributed by atoms with Gasteiger partial charge in [-0.15, -0.1) is 0 Å². The lowest BCUT2D eigenvalue weighted by atomic mass is 9.41. The highest BCUT2D eigenvalue weighted by Gasteiger charge is 2.64. The molecule has 4 aliphatic carbocycles. The SMILES string of the molecule is CCC(C)(C)C(=O)OC12CC3CC(CCO)(CC(CCO)(C3)C1)C2. The van der Waals surface area contributed by atoms with E-state index in [1.165, 1.54) is 0 Å². The van der Waals surface area contributed by atoms with Gasteiger partial charge in [-0.1, -0.05) is 6.92 Å². The lowest BCUT2D eigenvalue weighted by Gasteiger charge is -2.66. The zero-order valence-electron chi connectivity index (χ0n) is 15.6. The highest BCUT2D eigenvalue weighted by atomic mass is 16.6. The molecule has 24 heavy (non-hydrogen) atoms. The predicted octanol–water partition coefficient (Wildman–Crippen LogP) is 3.44. The fourth-order valence-electron chi connectivity index (χ4n) is 6.38. The van der Waals surface area contributed by atoms with Crippen molar-refractivity contribution in [3.63, 3.8) is 0 Å². The Bertz CT molecular complexity index is 476. The van der Waals surface area contributed by atoms with Crippen LogP contribution in [0.15, 0.2) is 0 Å². The zero-order chi connectivity index (χ0) is 17.6. The third-order valence-electron chi connectivity index (χ3n) is 7.28. The average molecular weight is 338 g/mol. The summed E-state index contributed by atoms with van der Waals surface area (Å²) in [7, 11) is 0. The minimum absolute atomic E-state index is 0.0785. The molecule has 0 aromatic heterocycles. The second-order valence-corrected chi connectivity index (χ2v) is 9.77. The summed E-state index contributed by atoms with van der Waals surface area (Å²) in [5, 5.41) is 19.2. The van der Waals surface area contributed by atoms with Crippen LogP contribution in [0.4, 0.5) is 0 Å². The van der Waals surface area contributed by atoms with Gasteiger partial charge < -0.3 is 14.9 Å². The summed E-state index contributed by atoms with van der Waals surface area (Å²) in [6, 6.07) is 0. The maximum absolute atomic E-state index is 12.8. The second-order valence-electron chi connectivity index (χ2n) is 9.77.